The van der Waals surface area contributed by atoms with Crippen molar-refractivity contribution in [3.05, 3.63) is 66.9 Å². The van der Waals surface area contributed by atoms with Gasteiger partial charge >= 0.3 is 0 Å². The lowest BCUT2D eigenvalue weighted by Crippen LogP contribution is -2.52. The van der Waals surface area contributed by atoms with Crippen molar-refractivity contribution in [2.24, 2.45) is 0 Å². The van der Waals surface area contributed by atoms with E-state index >= 15 is 0 Å². The number of alkyl halides is 2. The summed E-state index contributed by atoms with van der Waals surface area (Å²) in [6, 6.07) is 11.3. The van der Waals surface area contributed by atoms with Crippen molar-refractivity contribution in [3.63, 3.8) is 0 Å². The first-order valence-corrected chi connectivity index (χ1v) is 13.3. The Bertz CT molecular complexity index is 1710. The van der Waals surface area contributed by atoms with Crippen LogP contribution < -0.4 is 19.5 Å². The molecule has 1 saturated heterocycles. The molecule has 0 amide bonds. The number of likely N-dealkylation sites (tertiary alicyclic amines) is 1. The molecule has 1 aliphatic heterocycles. The number of aromatic nitrogens is 5. The number of benzene rings is 1. The van der Waals surface area contributed by atoms with Crippen LogP contribution in [0.5, 0.6) is 23.1 Å². The third kappa shape index (κ3) is 5.42. The Morgan fingerprint density at radius 1 is 1.12 bits per heavy atom. The summed E-state index contributed by atoms with van der Waals surface area (Å²) in [5, 5.41) is 7.95. The lowest BCUT2D eigenvalue weighted by atomic mass is 10.0. The fourth-order valence-corrected chi connectivity index (χ4v) is 4.89. The molecule has 0 aliphatic carbocycles. The summed E-state index contributed by atoms with van der Waals surface area (Å²) in [7, 11) is 1.67. The fraction of sp³-hybridized carbons (Fsp3) is 0.310. The van der Waals surface area contributed by atoms with E-state index in [-0.39, 0.29) is 24.7 Å². The summed E-state index contributed by atoms with van der Waals surface area (Å²) >= 11 is 0. The maximum Gasteiger partial charge on any atom is 0.296 e. The van der Waals surface area contributed by atoms with Gasteiger partial charge < -0.3 is 24.4 Å². The standard InChI is InChI=1S/C29H29F2N7O3/c1-4-39-28-26(41-24-10-12-37(3)16-29(24,30)31)25-22(14-32-28)33-17-34-27(25)36-19-5-8-23(18(2)13-19)40-21-7-6-20-9-11-35-38(20)15-21/h5-9,11,13-15,17,24H,4,10,12,16H2,1-3H3,(H,33,34,36)/t24-/m1/s1. The quantitative estimate of drug-likeness (QED) is 0.258. The number of hydrogen-bond acceptors (Lipinski definition) is 9. The largest absolute Gasteiger partial charge is 0.478 e. The Hall–Kier alpha value is -4.58. The first-order chi connectivity index (χ1) is 19.8. The van der Waals surface area contributed by atoms with Gasteiger partial charge in [-0.15, -0.1) is 0 Å². The maximum atomic E-state index is 15.0. The number of pyridine rings is 2. The van der Waals surface area contributed by atoms with Gasteiger partial charge in [0.05, 0.1) is 42.0 Å². The third-order valence-corrected chi connectivity index (χ3v) is 6.90. The van der Waals surface area contributed by atoms with E-state index in [0.717, 1.165) is 11.1 Å². The zero-order valence-electron chi connectivity index (χ0n) is 22.8. The third-order valence-electron chi connectivity index (χ3n) is 6.90. The Balaban J connectivity index is 1.32. The van der Waals surface area contributed by atoms with E-state index in [1.807, 2.05) is 49.5 Å². The van der Waals surface area contributed by atoms with E-state index in [0.29, 0.717) is 40.5 Å². The minimum absolute atomic E-state index is 0.0902. The maximum absolute atomic E-state index is 15.0. The van der Waals surface area contributed by atoms with Crippen LogP contribution in [0, 0.1) is 6.92 Å². The van der Waals surface area contributed by atoms with Crippen molar-refractivity contribution in [1.29, 1.82) is 0 Å². The molecule has 1 aliphatic rings. The fourth-order valence-electron chi connectivity index (χ4n) is 4.89. The number of aryl methyl sites for hydroxylation is 1. The number of rotatable bonds is 8. The molecule has 0 bridgehead atoms. The molecule has 0 spiro atoms. The number of fused-ring (bicyclic) bond motifs is 2. The first kappa shape index (κ1) is 26.6. The van der Waals surface area contributed by atoms with Crippen LogP contribution in [-0.4, -0.2) is 68.2 Å². The highest BCUT2D eigenvalue weighted by Crippen LogP contribution is 2.41. The highest BCUT2D eigenvalue weighted by atomic mass is 19.3. The van der Waals surface area contributed by atoms with E-state index in [9.17, 15) is 8.78 Å². The summed E-state index contributed by atoms with van der Waals surface area (Å²) in [5.41, 5.74) is 2.98. The predicted octanol–water partition coefficient (Wildman–Crippen LogP) is 5.63. The zero-order chi connectivity index (χ0) is 28.6. The monoisotopic (exact) mass is 561 g/mol. The minimum Gasteiger partial charge on any atom is -0.478 e. The Morgan fingerprint density at radius 3 is 2.80 bits per heavy atom. The van der Waals surface area contributed by atoms with E-state index in [4.69, 9.17) is 14.2 Å². The van der Waals surface area contributed by atoms with Crippen LogP contribution in [0.3, 0.4) is 0 Å². The van der Waals surface area contributed by atoms with Crippen molar-refractivity contribution in [3.8, 4) is 23.1 Å². The number of nitrogens with zero attached hydrogens (tertiary/aromatic N) is 6. The van der Waals surface area contributed by atoms with Crippen LogP contribution in [0.25, 0.3) is 16.4 Å². The van der Waals surface area contributed by atoms with Gasteiger partial charge in [-0.1, -0.05) is 0 Å². The predicted molar refractivity (Wildman–Crippen MR) is 150 cm³/mol. The zero-order valence-corrected chi connectivity index (χ0v) is 22.8. The van der Waals surface area contributed by atoms with Crippen LogP contribution in [0.4, 0.5) is 20.3 Å². The molecule has 5 heterocycles. The van der Waals surface area contributed by atoms with Crippen molar-refractivity contribution in [2.75, 3.05) is 32.1 Å². The molecule has 6 rings (SSSR count). The molecular weight excluding hydrogens is 532 g/mol. The lowest BCUT2D eigenvalue weighted by molar-refractivity contribution is -0.135. The highest BCUT2D eigenvalue weighted by molar-refractivity contribution is 5.96. The van der Waals surface area contributed by atoms with Crippen LogP contribution in [0.15, 0.2) is 61.3 Å². The average Bonchev–Trinajstić information content (AvgIpc) is 3.41. The lowest BCUT2D eigenvalue weighted by Gasteiger charge is -2.36. The van der Waals surface area contributed by atoms with Crippen LogP contribution in [0.2, 0.25) is 0 Å². The summed E-state index contributed by atoms with van der Waals surface area (Å²) in [5.74, 6) is -1.16. The molecule has 10 nitrogen and oxygen atoms in total. The van der Waals surface area contributed by atoms with Gasteiger partial charge in [0.2, 0.25) is 0 Å². The summed E-state index contributed by atoms with van der Waals surface area (Å²) in [4.78, 5) is 14.6. The molecule has 5 aromatic rings. The molecule has 1 N–H and O–H groups in total. The second-order valence-electron chi connectivity index (χ2n) is 9.97. The molecule has 1 atom stereocenters. The van der Waals surface area contributed by atoms with Crippen LogP contribution in [-0.2, 0) is 0 Å². The molecule has 41 heavy (non-hydrogen) atoms. The molecular formula is C29H29F2N7O3. The smallest absolute Gasteiger partial charge is 0.296 e. The Kier molecular flexibility index (Phi) is 7.00. The average molecular weight is 562 g/mol. The molecule has 4 aromatic heterocycles. The summed E-state index contributed by atoms with van der Waals surface area (Å²) < 4.78 is 49.5. The summed E-state index contributed by atoms with van der Waals surface area (Å²) in [6.07, 6.45) is 5.24. The normalized spacial score (nSPS) is 17.0. The van der Waals surface area contributed by atoms with Crippen molar-refractivity contribution >= 4 is 27.9 Å². The van der Waals surface area contributed by atoms with E-state index in [1.54, 1.807) is 29.6 Å². The molecule has 0 unspecified atom stereocenters. The van der Waals surface area contributed by atoms with Gasteiger partial charge in [0.1, 0.15) is 23.6 Å². The molecule has 212 valence electrons. The molecule has 1 fully saturated rings. The van der Waals surface area contributed by atoms with E-state index in [2.05, 4.69) is 25.4 Å². The van der Waals surface area contributed by atoms with Gasteiger partial charge in [0.15, 0.2) is 11.9 Å². The topological polar surface area (TPSA) is 98.9 Å². The second-order valence-corrected chi connectivity index (χ2v) is 9.97. The molecule has 12 heteroatoms. The molecule has 0 radical (unpaired) electrons. The highest BCUT2D eigenvalue weighted by Gasteiger charge is 2.46. The Labute approximate surface area is 234 Å². The van der Waals surface area contributed by atoms with Crippen LogP contribution in [0.1, 0.15) is 18.9 Å². The SMILES string of the molecule is CCOc1ncc2ncnc(Nc3ccc(Oc4ccc5ccnn5c4)c(C)c3)c2c1O[C@@H]1CCN(C)CC1(F)F. The summed E-state index contributed by atoms with van der Waals surface area (Å²) in [6.45, 7) is 4.08. The van der Waals surface area contributed by atoms with E-state index in [1.165, 1.54) is 12.5 Å². The first-order valence-electron chi connectivity index (χ1n) is 13.3. The number of hydrogen-bond donors (Lipinski definition) is 1. The van der Waals surface area contributed by atoms with Gasteiger partial charge in [-0.05, 0) is 62.9 Å². The van der Waals surface area contributed by atoms with Crippen LogP contribution >= 0.6 is 0 Å². The van der Waals surface area contributed by atoms with Crippen molar-refractivity contribution in [1.82, 2.24) is 29.5 Å². The Morgan fingerprint density at radius 2 is 2.00 bits per heavy atom. The number of ether oxygens (including phenoxy) is 3. The van der Waals surface area contributed by atoms with Gasteiger partial charge in [0, 0.05) is 24.8 Å². The van der Waals surface area contributed by atoms with Gasteiger partial charge in [-0.2, -0.15) is 5.10 Å². The molecule has 0 saturated carbocycles. The van der Waals surface area contributed by atoms with Gasteiger partial charge in [0.25, 0.3) is 11.8 Å². The van der Waals surface area contributed by atoms with E-state index < -0.39 is 18.6 Å². The number of nitrogens with one attached hydrogen (secondary N) is 1. The van der Waals surface area contributed by atoms with Crippen molar-refractivity contribution in [2.45, 2.75) is 32.3 Å². The van der Waals surface area contributed by atoms with Gasteiger partial charge in [-0.25, -0.2) is 28.2 Å². The molecule has 1 aromatic carbocycles. The second kappa shape index (κ2) is 10.8. The van der Waals surface area contributed by atoms with Gasteiger partial charge in [-0.3, -0.25) is 0 Å². The minimum atomic E-state index is -3.06. The number of piperidine rings is 1. The number of anilines is 2. The van der Waals surface area contributed by atoms with Crippen molar-refractivity contribution < 1.29 is 23.0 Å². The number of halogens is 2.